The maximum Gasteiger partial charge on any atom is 0.237 e. The van der Waals surface area contributed by atoms with Crippen molar-refractivity contribution in [2.45, 2.75) is 45.1 Å². The predicted molar refractivity (Wildman–Crippen MR) is 127 cm³/mol. The number of benzene rings is 1. The van der Waals surface area contributed by atoms with Gasteiger partial charge in [-0.2, -0.15) is 0 Å². The SMILES string of the molecule is CC(C)c1ccc(OCC2c3ccsc3CCN2C(=O)CNCCN2CCCC2)cc1. The maximum atomic E-state index is 13.1. The van der Waals surface area contributed by atoms with Crippen LogP contribution < -0.4 is 10.1 Å². The second kappa shape index (κ2) is 10.6. The van der Waals surface area contributed by atoms with E-state index < -0.39 is 0 Å². The molecule has 2 aliphatic rings. The van der Waals surface area contributed by atoms with Gasteiger partial charge < -0.3 is 19.9 Å². The van der Waals surface area contributed by atoms with Crippen LogP contribution in [-0.2, 0) is 11.2 Å². The van der Waals surface area contributed by atoms with Gasteiger partial charge in [0.15, 0.2) is 0 Å². The normalized spacial score (nSPS) is 19.1. The fraction of sp³-hybridized carbons (Fsp3) is 0.560. The van der Waals surface area contributed by atoms with Crippen LogP contribution in [0.5, 0.6) is 5.75 Å². The lowest BCUT2D eigenvalue weighted by Crippen LogP contribution is -2.46. The summed E-state index contributed by atoms with van der Waals surface area (Å²) in [5, 5.41) is 5.50. The highest BCUT2D eigenvalue weighted by Gasteiger charge is 2.32. The van der Waals surface area contributed by atoms with Crippen LogP contribution in [0.3, 0.4) is 0 Å². The Kier molecular flexibility index (Phi) is 7.64. The smallest absolute Gasteiger partial charge is 0.237 e. The first-order chi connectivity index (χ1) is 15.1. The van der Waals surface area contributed by atoms with E-state index in [1.165, 1.54) is 41.9 Å². The third-order valence-corrected chi connectivity index (χ3v) is 7.45. The minimum atomic E-state index is -0.0207. The number of carbonyl (C=O) groups is 1. The number of thiophene rings is 1. The third kappa shape index (κ3) is 5.68. The Morgan fingerprint density at radius 1 is 1.16 bits per heavy atom. The molecule has 2 aromatic rings. The standard InChI is InChI=1S/C25H35N3O2S/c1-19(2)20-5-7-21(8-6-20)30-18-23-22-10-16-31-24(22)9-14-28(23)25(29)17-26-11-15-27-12-3-4-13-27/h5-8,10,16,19,23,26H,3-4,9,11-15,17-18H2,1-2H3. The van der Waals surface area contributed by atoms with Gasteiger partial charge in [-0.15, -0.1) is 11.3 Å². The number of rotatable bonds is 9. The minimum Gasteiger partial charge on any atom is -0.491 e. The number of likely N-dealkylation sites (tertiary alicyclic amines) is 1. The van der Waals surface area contributed by atoms with Gasteiger partial charge in [0.1, 0.15) is 12.4 Å². The summed E-state index contributed by atoms with van der Waals surface area (Å²) in [6.07, 6.45) is 3.54. The van der Waals surface area contributed by atoms with E-state index in [0.29, 0.717) is 19.1 Å². The minimum absolute atomic E-state index is 0.0207. The van der Waals surface area contributed by atoms with Crippen LogP contribution >= 0.6 is 11.3 Å². The summed E-state index contributed by atoms with van der Waals surface area (Å²) in [6.45, 7) is 10.3. The van der Waals surface area contributed by atoms with Gasteiger partial charge in [-0.05, 0) is 73.0 Å². The van der Waals surface area contributed by atoms with Crippen LogP contribution in [0, 0.1) is 0 Å². The van der Waals surface area contributed by atoms with Crippen LogP contribution in [0.15, 0.2) is 35.7 Å². The molecule has 1 amide bonds. The van der Waals surface area contributed by atoms with Gasteiger partial charge in [-0.1, -0.05) is 26.0 Å². The molecule has 3 heterocycles. The molecule has 2 aliphatic heterocycles. The maximum absolute atomic E-state index is 13.1. The first kappa shape index (κ1) is 22.3. The molecule has 1 atom stereocenters. The van der Waals surface area contributed by atoms with Crippen LogP contribution in [-0.4, -0.2) is 61.6 Å². The van der Waals surface area contributed by atoms with E-state index in [0.717, 1.165) is 31.8 Å². The van der Waals surface area contributed by atoms with E-state index in [4.69, 9.17) is 4.74 Å². The highest BCUT2D eigenvalue weighted by atomic mass is 32.1. The summed E-state index contributed by atoms with van der Waals surface area (Å²) >= 11 is 1.79. The number of hydrogen-bond acceptors (Lipinski definition) is 5. The van der Waals surface area contributed by atoms with E-state index in [1.807, 2.05) is 17.0 Å². The highest BCUT2D eigenvalue weighted by Crippen LogP contribution is 2.34. The van der Waals surface area contributed by atoms with Crippen molar-refractivity contribution >= 4 is 17.2 Å². The van der Waals surface area contributed by atoms with Crippen LogP contribution in [0.25, 0.3) is 0 Å². The van der Waals surface area contributed by atoms with E-state index in [9.17, 15) is 4.79 Å². The number of fused-ring (bicyclic) bond motifs is 1. The summed E-state index contributed by atoms with van der Waals surface area (Å²) in [5.41, 5.74) is 2.56. The Balaban J connectivity index is 1.35. The Bertz CT molecular complexity index is 843. The van der Waals surface area contributed by atoms with Gasteiger partial charge in [0.05, 0.1) is 12.6 Å². The quantitative estimate of drug-likeness (QED) is 0.596. The first-order valence-electron chi connectivity index (χ1n) is 11.6. The largest absolute Gasteiger partial charge is 0.491 e. The topological polar surface area (TPSA) is 44.8 Å². The zero-order valence-corrected chi connectivity index (χ0v) is 19.6. The summed E-state index contributed by atoms with van der Waals surface area (Å²) in [7, 11) is 0. The molecule has 0 aliphatic carbocycles. The van der Waals surface area contributed by atoms with Gasteiger partial charge in [-0.25, -0.2) is 0 Å². The molecule has 168 valence electrons. The summed E-state index contributed by atoms with van der Waals surface area (Å²) < 4.78 is 6.16. The van der Waals surface area contributed by atoms with E-state index in [1.54, 1.807) is 11.3 Å². The van der Waals surface area contributed by atoms with Crippen molar-refractivity contribution in [3.63, 3.8) is 0 Å². The number of nitrogens with zero attached hydrogens (tertiary/aromatic N) is 2. The molecule has 1 aromatic heterocycles. The average molecular weight is 442 g/mol. The Morgan fingerprint density at radius 2 is 1.94 bits per heavy atom. The fourth-order valence-corrected chi connectivity index (χ4v) is 5.47. The molecule has 4 rings (SSSR count). The molecule has 0 bridgehead atoms. The summed E-state index contributed by atoms with van der Waals surface area (Å²) in [5.74, 6) is 1.54. The Labute approximate surface area is 190 Å². The second-order valence-electron chi connectivity index (χ2n) is 8.91. The summed E-state index contributed by atoms with van der Waals surface area (Å²) in [4.78, 5) is 18.9. The highest BCUT2D eigenvalue weighted by molar-refractivity contribution is 7.10. The molecule has 1 N–H and O–H groups in total. The van der Waals surface area contributed by atoms with Gasteiger partial charge >= 0.3 is 0 Å². The zero-order chi connectivity index (χ0) is 21.6. The number of amides is 1. The average Bonchev–Trinajstić information content (AvgIpc) is 3.47. The van der Waals surface area contributed by atoms with Crippen molar-refractivity contribution in [1.29, 1.82) is 0 Å². The molecule has 31 heavy (non-hydrogen) atoms. The molecule has 1 fully saturated rings. The lowest BCUT2D eigenvalue weighted by Gasteiger charge is -2.36. The molecule has 0 saturated carbocycles. The Hall–Kier alpha value is -1.89. The molecule has 1 unspecified atom stereocenters. The van der Waals surface area contributed by atoms with Crippen molar-refractivity contribution in [2.75, 3.05) is 45.9 Å². The van der Waals surface area contributed by atoms with Crippen LogP contribution in [0.1, 0.15) is 54.7 Å². The predicted octanol–water partition coefficient (Wildman–Crippen LogP) is 4.06. The first-order valence-corrected chi connectivity index (χ1v) is 12.5. The number of ether oxygens (including phenoxy) is 1. The molecule has 0 spiro atoms. The molecular formula is C25H35N3O2S. The summed E-state index contributed by atoms with van der Waals surface area (Å²) in [6, 6.07) is 10.5. The van der Waals surface area contributed by atoms with Gasteiger partial charge in [-0.3, -0.25) is 4.79 Å². The second-order valence-corrected chi connectivity index (χ2v) is 9.91. The van der Waals surface area contributed by atoms with Crippen molar-refractivity contribution in [3.8, 4) is 5.75 Å². The lowest BCUT2D eigenvalue weighted by atomic mass is 10.0. The molecule has 1 aromatic carbocycles. The van der Waals surface area contributed by atoms with Gasteiger partial charge in [0, 0.05) is 24.5 Å². The lowest BCUT2D eigenvalue weighted by molar-refractivity contribution is -0.133. The zero-order valence-electron chi connectivity index (χ0n) is 18.8. The van der Waals surface area contributed by atoms with Crippen molar-refractivity contribution in [2.24, 2.45) is 0 Å². The monoisotopic (exact) mass is 441 g/mol. The molecule has 0 radical (unpaired) electrons. The van der Waals surface area contributed by atoms with Crippen LogP contribution in [0.4, 0.5) is 0 Å². The van der Waals surface area contributed by atoms with E-state index >= 15 is 0 Å². The van der Waals surface area contributed by atoms with Gasteiger partial charge in [0.2, 0.25) is 5.91 Å². The molecular weight excluding hydrogens is 406 g/mol. The van der Waals surface area contributed by atoms with Crippen molar-refractivity contribution < 1.29 is 9.53 Å². The third-order valence-electron chi connectivity index (χ3n) is 6.45. The van der Waals surface area contributed by atoms with Crippen molar-refractivity contribution in [3.05, 3.63) is 51.7 Å². The van der Waals surface area contributed by atoms with E-state index in [-0.39, 0.29) is 11.9 Å². The number of carbonyl (C=O) groups excluding carboxylic acids is 1. The fourth-order valence-electron chi connectivity index (χ4n) is 4.54. The Morgan fingerprint density at radius 3 is 2.68 bits per heavy atom. The van der Waals surface area contributed by atoms with Crippen LogP contribution in [0.2, 0.25) is 0 Å². The molecule has 1 saturated heterocycles. The number of nitrogens with one attached hydrogen (secondary N) is 1. The molecule has 5 nitrogen and oxygen atoms in total. The molecule has 6 heteroatoms. The van der Waals surface area contributed by atoms with Gasteiger partial charge in [0.25, 0.3) is 0 Å². The van der Waals surface area contributed by atoms with E-state index in [2.05, 4.69) is 47.6 Å². The van der Waals surface area contributed by atoms with Crippen molar-refractivity contribution in [1.82, 2.24) is 15.1 Å². The number of hydrogen-bond donors (Lipinski definition) is 1.